The minimum atomic E-state index is -1.15. The van der Waals surface area contributed by atoms with Crippen LogP contribution in [0.1, 0.15) is 17.5 Å². The molecule has 176 valence electrons. The molecule has 2 aromatic heterocycles. The van der Waals surface area contributed by atoms with Gasteiger partial charge in [-0.15, -0.1) is 0 Å². The quantitative estimate of drug-likeness (QED) is 0.388. The number of aliphatic hydroxyl groups excluding tert-OH is 1. The molecule has 1 N–H and O–H groups in total. The summed E-state index contributed by atoms with van der Waals surface area (Å²) in [5.41, 5.74) is -0.684. The number of carbonyl (C=O) groups is 1. The molecule has 10 heteroatoms. The molecule has 0 saturated heterocycles. The average molecular weight is 469 g/mol. The van der Waals surface area contributed by atoms with E-state index in [4.69, 9.17) is 23.0 Å². The predicted octanol–water partition coefficient (Wildman–Crippen LogP) is 3.03. The Kier molecular flexibility index (Phi) is 6.60. The molecule has 0 bridgehead atoms. The molecule has 4 aromatic rings. The molecule has 4 rings (SSSR count). The highest BCUT2D eigenvalue weighted by atomic mass is 18.2. The van der Waals surface area contributed by atoms with Gasteiger partial charge in [-0.05, 0) is 25.1 Å². The zero-order chi connectivity index (χ0) is 24.2. The van der Waals surface area contributed by atoms with Crippen molar-refractivity contribution in [2.45, 2.75) is 13.0 Å². The van der Waals surface area contributed by atoms with Crippen molar-refractivity contribution in [1.29, 1.82) is 0 Å². The highest BCUT2D eigenvalue weighted by Crippen LogP contribution is 2.25. The smallest absolute Gasteiger partial charge is 0.374 e. The first kappa shape index (κ1) is 23.0. The number of hydrogen-bond acceptors (Lipinski definition) is 9. The molecule has 1 unspecified atom stereocenters. The minimum Gasteiger partial charge on any atom is -0.491 e. The molecule has 0 aliphatic heterocycles. The van der Waals surface area contributed by atoms with Gasteiger partial charge in [-0.3, -0.25) is 9.59 Å². The zero-order valence-corrected chi connectivity index (χ0v) is 17.9. The number of benzene rings is 2. The summed E-state index contributed by atoms with van der Waals surface area (Å²) >= 11 is 0. The van der Waals surface area contributed by atoms with Crippen molar-refractivity contribution in [3.05, 3.63) is 80.8 Å². The first-order chi connectivity index (χ1) is 16.4. The van der Waals surface area contributed by atoms with E-state index in [0.717, 1.165) is 24.5 Å². The van der Waals surface area contributed by atoms with Crippen LogP contribution in [0.3, 0.4) is 0 Å². The van der Waals surface area contributed by atoms with Crippen LogP contribution in [0.25, 0.3) is 21.9 Å². The van der Waals surface area contributed by atoms with E-state index in [9.17, 15) is 23.9 Å². The van der Waals surface area contributed by atoms with Crippen molar-refractivity contribution in [3.63, 3.8) is 0 Å². The Bertz CT molecular complexity index is 1470. The lowest BCUT2D eigenvalue weighted by Crippen LogP contribution is -2.25. The van der Waals surface area contributed by atoms with E-state index in [1.165, 1.54) is 24.3 Å². The number of halogens is 1. The number of esters is 1. The van der Waals surface area contributed by atoms with Crippen LogP contribution in [-0.4, -0.2) is 37.0 Å². The van der Waals surface area contributed by atoms with Crippen LogP contribution in [-0.2, 0) is 4.74 Å². The predicted molar refractivity (Wildman–Crippen MR) is 118 cm³/mol. The topological polar surface area (TPSA) is 125 Å². The number of ether oxygens (including phenoxy) is 3. The van der Waals surface area contributed by atoms with Gasteiger partial charge in [0.25, 0.3) is 0 Å². The Morgan fingerprint density at radius 3 is 2.62 bits per heavy atom. The first-order valence-corrected chi connectivity index (χ1v) is 10.3. The molecular weight excluding hydrogens is 450 g/mol. The van der Waals surface area contributed by atoms with E-state index < -0.39 is 28.7 Å². The van der Waals surface area contributed by atoms with Crippen LogP contribution in [0, 0.1) is 5.82 Å². The van der Waals surface area contributed by atoms with Crippen LogP contribution >= 0.6 is 0 Å². The lowest BCUT2D eigenvalue weighted by atomic mass is 10.2. The third-order valence-electron chi connectivity index (χ3n) is 4.74. The van der Waals surface area contributed by atoms with E-state index >= 15 is 0 Å². The minimum absolute atomic E-state index is 0.0225. The second kappa shape index (κ2) is 9.75. The van der Waals surface area contributed by atoms with Crippen LogP contribution in [0.15, 0.2) is 67.2 Å². The van der Waals surface area contributed by atoms with E-state index in [1.807, 2.05) is 0 Å². The Morgan fingerprint density at radius 1 is 1.03 bits per heavy atom. The van der Waals surface area contributed by atoms with Crippen LogP contribution in [0.2, 0.25) is 0 Å². The second-order valence-electron chi connectivity index (χ2n) is 7.19. The third-order valence-corrected chi connectivity index (χ3v) is 4.74. The summed E-state index contributed by atoms with van der Waals surface area (Å²) in [6.07, 6.45) is 0.00521. The monoisotopic (exact) mass is 469 g/mol. The van der Waals surface area contributed by atoms with Gasteiger partial charge >= 0.3 is 5.97 Å². The first-order valence-electron chi connectivity index (χ1n) is 10.3. The zero-order valence-electron chi connectivity index (χ0n) is 17.9. The van der Waals surface area contributed by atoms with Crippen molar-refractivity contribution in [2.24, 2.45) is 0 Å². The molecular formula is C24H19FO9. The van der Waals surface area contributed by atoms with Crippen LogP contribution in [0.5, 0.6) is 11.5 Å². The molecule has 0 spiro atoms. The average Bonchev–Trinajstić information content (AvgIpc) is 2.81. The van der Waals surface area contributed by atoms with E-state index in [2.05, 4.69) is 0 Å². The molecule has 34 heavy (non-hydrogen) atoms. The van der Waals surface area contributed by atoms with Gasteiger partial charge < -0.3 is 28.2 Å². The number of fused-ring (bicyclic) bond motifs is 2. The number of aliphatic hydroxyl groups is 1. The maximum atomic E-state index is 13.8. The molecule has 2 aromatic carbocycles. The van der Waals surface area contributed by atoms with Crippen molar-refractivity contribution in [1.82, 2.24) is 0 Å². The van der Waals surface area contributed by atoms with Gasteiger partial charge in [0, 0.05) is 24.3 Å². The Hall–Kier alpha value is -4.18. The Balaban J connectivity index is 1.43. The molecule has 0 amide bonds. The SMILES string of the molecule is CCOC(=O)c1cc(=O)c2cc(OCC(O)COc3cc([18F])cc4occc(=O)c34)ccc2o1. The summed E-state index contributed by atoms with van der Waals surface area (Å²) < 4.78 is 40.1. The summed E-state index contributed by atoms with van der Waals surface area (Å²) in [5, 5.41) is 10.5. The fourth-order valence-corrected chi connectivity index (χ4v) is 3.21. The molecule has 0 fully saturated rings. The normalized spacial score (nSPS) is 12.0. The lowest BCUT2D eigenvalue weighted by Gasteiger charge is -2.14. The fraction of sp³-hybridized carbons (Fsp3) is 0.208. The highest BCUT2D eigenvalue weighted by molar-refractivity contribution is 5.89. The fourth-order valence-electron chi connectivity index (χ4n) is 3.21. The summed E-state index contributed by atoms with van der Waals surface area (Å²) in [6, 6.07) is 8.67. The van der Waals surface area contributed by atoms with Crippen LogP contribution in [0.4, 0.5) is 4.39 Å². The van der Waals surface area contributed by atoms with Gasteiger partial charge in [0.1, 0.15) is 53.2 Å². The standard InChI is InChI=1S/C24H19FO9/c1-2-30-24(29)22-10-18(28)16-9-15(3-4-19(16)34-22)32-11-14(26)12-33-21-8-13(25)7-20-23(21)17(27)5-6-31-20/h3-10,14,26H,2,11-12H2,1H3/i25-1. The van der Waals surface area contributed by atoms with Gasteiger partial charge in [0.15, 0.2) is 10.9 Å². The molecule has 0 saturated carbocycles. The summed E-state index contributed by atoms with van der Waals surface area (Å²) in [7, 11) is 0. The lowest BCUT2D eigenvalue weighted by molar-refractivity contribution is 0.0490. The third kappa shape index (κ3) is 4.91. The number of carbonyl (C=O) groups excluding carboxylic acids is 1. The van der Waals surface area contributed by atoms with Gasteiger partial charge in [-0.2, -0.15) is 0 Å². The van der Waals surface area contributed by atoms with Gasteiger partial charge in [-0.1, -0.05) is 0 Å². The molecule has 2 heterocycles. The second-order valence-corrected chi connectivity index (χ2v) is 7.19. The van der Waals surface area contributed by atoms with E-state index in [0.29, 0.717) is 0 Å². The summed E-state index contributed by atoms with van der Waals surface area (Å²) in [5.74, 6) is -1.42. The number of hydrogen-bond donors (Lipinski definition) is 1. The van der Waals surface area contributed by atoms with Gasteiger partial charge in [-0.25, -0.2) is 9.18 Å². The maximum absolute atomic E-state index is 13.8. The maximum Gasteiger partial charge on any atom is 0.374 e. The number of rotatable bonds is 8. The Labute approximate surface area is 190 Å². The molecule has 1 atom stereocenters. The van der Waals surface area contributed by atoms with Crippen LogP contribution < -0.4 is 20.3 Å². The van der Waals surface area contributed by atoms with Crippen molar-refractivity contribution in [2.75, 3.05) is 19.8 Å². The van der Waals surface area contributed by atoms with E-state index in [-0.39, 0.29) is 59.0 Å². The molecule has 9 nitrogen and oxygen atoms in total. The van der Waals surface area contributed by atoms with Crippen molar-refractivity contribution < 1.29 is 37.3 Å². The molecule has 0 aliphatic carbocycles. The molecule has 0 aliphatic rings. The molecule has 0 radical (unpaired) electrons. The van der Waals surface area contributed by atoms with Gasteiger partial charge in [0.05, 0.1) is 18.3 Å². The van der Waals surface area contributed by atoms with Crippen molar-refractivity contribution >= 4 is 27.9 Å². The highest BCUT2D eigenvalue weighted by Gasteiger charge is 2.16. The van der Waals surface area contributed by atoms with Crippen molar-refractivity contribution in [3.8, 4) is 11.5 Å². The van der Waals surface area contributed by atoms with Gasteiger partial charge in [0.2, 0.25) is 5.76 Å². The largest absolute Gasteiger partial charge is 0.491 e. The van der Waals surface area contributed by atoms with E-state index in [1.54, 1.807) is 6.92 Å². The summed E-state index contributed by atoms with van der Waals surface area (Å²) in [4.78, 5) is 36.2. The summed E-state index contributed by atoms with van der Waals surface area (Å²) in [6.45, 7) is 1.25. The Morgan fingerprint density at radius 2 is 1.82 bits per heavy atom.